The number of rotatable bonds is 12. The third-order valence-corrected chi connectivity index (χ3v) is 7.69. The number of alkyl carbamates (subject to hydrolysis) is 1. The van der Waals surface area contributed by atoms with Gasteiger partial charge in [-0.2, -0.15) is 18.2 Å². The molecule has 1 N–H and O–H groups in total. The van der Waals surface area contributed by atoms with E-state index in [2.05, 4.69) is 27.4 Å². The Labute approximate surface area is 282 Å². The number of hydrogen-bond donors (Lipinski definition) is 1. The van der Waals surface area contributed by atoms with Crippen molar-refractivity contribution in [3.8, 4) is 11.4 Å². The molecule has 1 saturated heterocycles. The van der Waals surface area contributed by atoms with Gasteiger partial charge in [0.25, 0.3) is 0 Å². The largest absolute Gasteiger partial charge is 0.444 e. The molecule has 1 fully saturated rings. The molecular weight excluding hydrogens is 627 g/mol. The van der Waals surface area contributed by atoms with Crippen LogP contribution in [0.4, 0.5) is 22.8 Å². The van der Waals surface area contributed by atoms with Crippen LogP contribution in [0.1, 0.15) is 123 Å². The van der Waals surface area contributed by atoms with Gasteiger partial charge >= 0.3 is 18.4 Å². The van der Waals surface area contributed by atoms with Gasteiger partial charge < -0.3 is 18.9 Å². The van der Waals surface area contributed by atoms with E-state index in [4.69, 9.17) is 14.0 Å². The first kappa shape index (κ1) is 38.8. The number of nitrogens with zero attached hydrogens (tertiary/aromatic N) is 4. The molecule has 1 aliphatic rings. The van der Waals surface area contributed by atoms with E-state index in [1.165, 1.54) is 31.7 Å². The maximum atomic E-state index is 14.0. The Morgan fingerprint density at radius 2 is 1.62 bits per heavy atom. The lowest BCUT2D eigenvalue weighted by atomic mass is 9.97. The zero-order valence-electron chi connectivity index (χ0n) is 29.5. The van der Waals surface area contributed by atoms with Crippen molar-refractivity contribution in [3.63, 3.8) is 0 Å². The molecule has 3 rings (SSSR count). The smallest absolute Gasteiger partial charge is 0.437 e. The average Bonchev–Trinajstić information content (AvgIpc) is 3.62. The van der Waals surface area contributed by atoms with Crippen LogP contribution < -0.4 is 5.32 Å². The van der Waals surface area contributed by atoms with Gasteiger partial charge in [0.1, 0.15) is 11.2 Å². The summed E-state index contributed by atoms with van der Waals surface area (Å²) in [6, 6.07) is 4.24. The number of carbonyl (C=O) groups is 2. The average molecular weight is 680 g/mol. The molecule has 0 radical (unpaired) electrons. The van der Waals surface area contributed by atoms with Crippen molar-refractivity contribution in [2.24, 2.45) is 10.9 Å². The first-order valence-corrected chi connectivity index (χ1v) is 17.0. The Hall–Kier alpha value is -3.64. The number of hydrogen-bond acceptors (Lipinski definition) is 7. The molecule has 1 aromatic heterocycles. The molecule has 0 unspecified atom stereocenters. The fraction of sp³-hybridized carbons (Fsp3) is 0.686. The van der Waals surface area contributed by atoms with Crippen LogP contribution in [0.2, 0.25) is 0 Å². The predicted octanol–water partition coefficient (Wildman–Crippen LogP) is 9.12. The molecule has 268 valence electrons. The third kappa shape index (κ3) is 13.5. The number of aromatic nitrogens is 2. The van der Waals surface area contributed by atoms with Gasteiger partial charge in [-0.05, 0) is 78.4 Å². The summed E-state index contributed by atoms with van der Waals surface area (Å²) in [7, 11) is 0. The van der Waals surface area contributed by atoms with Gasteiger partial charge in [0.15, 0.2) is 0 Å². The van der Waals surface area contributed by atoms with Crippen LogP contribution >= 0.6 is 0 Å². The molecule has 1 aromatic carbocycles. The van der Waals surface area contributed by atoms with Crippen molar-refractivity contribution in [1.29, 1.82) is 0 Å². The monoisotopic (exact) mass is 679 g/mol. The molecule has 0 saturated carbocycles. The number of ether oxygens (including phenoxy) is 2. The van der Waals surface area contributed by atoms with E-state index in [0.29, 0.717) is 38.8 Å². The van der Waals surface area contributed by atoms with E-state index in [1.54, 1.807) is 52.5 Å². The van der Waals surface area contributed by atoms with Crippen LogP contribution in [0.3, 0.4) is 0 Å². The molecule has 0 aliphatic carbocycles. The number of likely N-dealkylation sites (tertiary alicyclic amines) is 1. The minimum absolute atomic E-state index is 0.000961. The van der Waals surface area contributed by atoms with Crippen molar-refractivity contribution < 1.29 is 36.8 Å². The minimum atomic E-state index is -4.50. The highest BCUT2D eigenvalue weighted by molar-refractivity contribution is 5.99. The molecule has 13 heteroatoms. The fourth-order valence-corrected chi connectivity index (χ4v) is 5.48. The van der Waals surface area contributed by atoms with Crippen LogP contribution in [0.15, 0.2) is 27.7 Å². The third-order valence-electron chi connectivity index (χ3n) is 7.69. The van der Waals surface area contributed by atoms with Gasteiger partial charge in [-0.1, -0.05) is 69.2 Å². The maximum absolute atomic E-state index is 14.0. The van der Waals surface area contributed by atoms with Crippen LogP contribution in [-0.2, 0) is 28.5 Å². The van der Waals surface area contributed by atoms with E-state index in [0.717, 1.165) is 25.3 Å². The summed E-state index contributed by atoms with van der Waals surface area (Å²) < 4.78 is 58.2. The number of benzene rings is 1. The highest BCUT2D eigenvalue weighted by Gasteiger charge is 2.34. The zero-order chi connectivity index (χ0) is 35.5. The number of alkyl halides is 3. The maximum Gasteiger partial charge on any atom is 0.437 e. The van der Waals surface area contributed by atoms with E-state index in [-0.39, 0.29) is 34.7 Å². The summed E-state index contributed by atoms with van der Waals surface area (Å²) in [4.78, 5) is 35.2. The van der Waals surface area contributed by atoms with E-state index in [9.17, 15) is 22.8 Å². The number of aryl methyl sites for hydroxylation is 1. The lowest BCUT2D eigenvalue weighted by molar-refractivity contribution is -0.138. The van der Waals surface area contributed by atoms with Gasteiger partial charge in [0.05, 0.1) is 5.56 Å². The topological polar surface area (TPSA) is 119 Å². The van der Waals surface area contributed by atoms with Crippen molar-refractivity contribution in [2.45, 2.75) is 136 Å². The molecule has 2 amide bonds. The predicted molar refractivity (Wildman–Crippen MR) is 177 cm³/mol. The van der Waals surface area contributed by atoms with Gasteiger partial charge in [-0.15, -0.1) is 4.99 Å². The Morgan fingerprint density at radius 1 is 0.979 bits per heavy atom. The van der Waals surface area contributed by atoms with Crippen molar-refractivity contribution in [2.75, 3.05) is 13.1 Å². The van der Waals surface area contributed by atoms with Gasteiger partial charge in [-0.25, -0.2) is 9.59 Å². The van der Waals surface area contributed by atoms with Gasteiger partial charge in [0, 0.05) is 25.1 Å². The van der Waals surface area contributed by atoms with Crippen molar-refractivity contribution in [1.82, 2.24) is 20.4 Å². The summed E-state index contributed by atoms with van der Waals surface area (Å²) in [5.41, 5.74) is -1.71. The molecule has 1 aliphatic heterocycles. The summed E-state index contributed by atoms with van der Waals surface area (Å²) in [6.07, 6.45) is 3.79. The highest BCUT2D eigenvalue weighted by atomic mass is 19.4. The molecule has 2 heterocycles. The number of aliphatic imine (C=N–C) groups is 1. The number of halogens is 3. The zero-order valence-corrected chi connectivity index (χ0v) is 29.5. The molecule has 0 spiro atoms. The Kier molecular flexibility index (Phi) is 13.9. The molecule has 0 bridgehead atoms. The fourth-order valence-electron chi connectivity index (χ4n) is 5.48. The minimum Gasteiger partial charge on any atom is -0.444 e. The standard InChI is InChI=1S/C35H52F3N5O5/c1-8-9-10-11-12-13-14-15-16-25-17-18-26(22-27(25)35(36,37)38)29-39-28(48-42-29)21-24-19-20-43(23-24)30(40-31(44)46-33(2,3)4)41-32(45)47-34(5,6)7/h17-18,22,24H,8-16,19-21,23H2,1-7H3,(H,40,41,44,45)/t24-/m0/s1. The lowest BCUT2D eigenvalue weighted by Gasteiger charge is -2.24. The number of unbranched alkanes of at least 4 members (excludes halogenated alkanes) is 7. The van der Waals surface area contributed by atoms with E-state index >= 15 is 0 Å². The first-order chi connectivity index (χ1) is 22.4. The number of amides is 2. The van der Waals surface area contributed by atoms with Crippen LogP contribution in [-0.4, -0.2) is 57.5 Å². The quantitative estimate of drug-likeness (QED) is 0.134. The van der Waals surface area contributed by atoms with Crippen molar-refractivity contribution >= 4 is 18.1 Å². The number of carbonyl (C=O) groups excluding carboxylic acids is 2. The molecule has 10 nitrogen and oxygen atoms in total. The number of guanidine groups is 1. The first-order valence-electron chi connectivity index (χ1n) is 17.0. The Bertz CT molecular complexity index is 1380. The summed E-state index contributed by atoms with van der Waals surface area (Å²) in [6.45, 7) is 13.3. The van der Waals surface area contributed by atoms with E-state index in [1.807, 2.05) is 0 Å². The molecular formula is C35H52F3N5O5. The second-order valence-corrected chi connectivity index (χ2v) is 14.5. The van der Waals surface area contributed by atoms with Gasteiger partial charge in [-0.3, -0.25) is 5.32 Å². The highest BCUT2D eigenvalue weighted by Crippen LogP contribution is 2.35. The Morgan fingerprint density at radius 3 is 2.25 bits per heavy atom. The number of nitrogens with one attached hydrogen (secondary N) is 1. The lowest BCUT2D eigenvalue weighted by Crippen LogP contribution is -2.45. The molecule has 48 heavy (non-hydrogen) atoms. The van der Waals surface area contributed by atoms with Crippen LogP contribution in [0, 0.1) is 5.92 Å². The van der Waals surface area contributed by atoms with Gasteiger partial charge in [0.2, 0.25) is 17.7 Å². The summed E-state index contributed by atoms with van der Waals surface area (Å²) in [5.74, 6) is 0.336. The second-order valence-electron chi connectivity index (χ2n) is 14.5. The molecule has 2 aromatic rings. The van der Waals surface area contributed by atoms with Crippen LogP contribution in [0.25, 0.3) is 11.4 Å². The summed E-state index contributed by atoms with van der Waals surface area (Å²) in [5, 5.41) is 6.54. The SMILES string of the molecule is CCCCCCCCCCc1ccc(-c2noc(C[C@@H]3CCN(/C(=N\C(=O)OC(C)(C)C)NC(=O)OC(C)(C)C)C3)n2)cc1C(F)(F)F. The Balaban J connectivity index is 1.65. The molecule has 1 atom stereocenters. The van der Waals surface area contributed by atoms with E-state index < -0.39 is 35.1 Å². The second kappa shape index (κ2) is 17.1. The van der Waals surface area contributed by atoms with Crippen molar-refractivity contribution in [3.05, 3.63) is 35.2 Å². The van der Waals surface area contributed by atoms with Crippen LogP contribution in [0.5, 0.6) is 0 Å². The normalized spacial score (nSPS) is 15.9. The summed E-state index contributed by atoms with van der Waals surface area (Å²) >= 11 is 0.